The summed E-state index contributed by atoms with van der Waals surface area (Å²) in [5.74, 6) is -6.23. The summed E-state index contributed by atoms with van der Waals surface area (Å²) < 4.78 is 51.1. The zero-order valence-corrected chi connectivity index (χ0v) is 11.7. The highest BCUT2D eigenvalue weighted by Gasteiger charge is 2.52. The Morgan fingerprint density at radius 2 is 1.80 bits per heavy atom. The highest BCUT2D eigenvalue weighted by Crippen LogP contribution is 2.29. The van der Waals surface area contributed by atoms with Crippen molar-refractivity contribution in [2.75, 3.05) is 6.54 Å². The quantitative estimate of drug-likeness (QED) is 0.802. The minimum absolute atomic E-state index is 0.469. The fourth-order valence-corrected chi connectivity index (χ4v) is 2.19. The Bertz CT molecular complexity index is 410. The van der Waals surface area contributed by atoms with E-state index in [2.05, 4.69) is 5.32 Å². The fourth-order valence-electron chi connectivity index (χ4n) is 2.19. The number of piperazine rings is 1. The average molecular weight is 298 g/mol. The van der Waals surface area contributed by atoms with Crippen molar-refractivity contribution in [3.8, 4) is 0 Å². The van der Waals surface area contributed by atoms with E-state index in [0.717, 1.165) is 0 Å². The lowest BCUT2D eigenvalue weighted by molar-refractivity contribution is -0.175. The molecule has 0 radical (unpaired) electrons. The lowest BCUT2D eigenvalue weighted by atomic mass is 9.91. The van der Waals surface area contributed by atoms with Gasteiger partial charge in [0, 0.05) is 0 Å². The molecule has 0 aromatic heterocycles. The molecule has 0 spiro atoms. The molecule has 8 heteroatoms. The third-order valence-corrected chi connectivity index (χ3v) is 3.17. The first-order valence-corrected chi connectivity index (χ1v) is 6.19. The summed E-state index contributed by atoms with van der Waals surface area (Å²) in [5.41, 5.74) is -1.39. The molecular formula is C12H18F4N2O2. The summed E-state index contributed by atoms with van der Waals surface area (Å²) in [6, 6.07) is -1.18. The molecule has 1 saturated heterocycles. The van der Waals surface area contributed by atoms with Gasteiger partial charge in [0.05, 0.1) is 6.54 Å². The van der Waals surface area contributed by atoms with E-state index >= 15 is 0 Å². The van der Waals surface area contributed by atoms with E-state index in [-0.39, 0.29) is 0 Å². The minimum Gasteiger partial charge on any atom is -0.340 e. The second-order valence-electron chi connectivity index (χ2n) is 5.80. The zero-order valence-electron chi connectivity index (χ0n) is 11.7. The largest absolute Gasteiger partial charge is 0.340 e. The van der Waals surface area contributed by atoms with Gasteiger partial charge in [0.2, 0.25) is 11.8 Å². The van der Waals surface area contributed by atoms with E-state index in [4.69, 9.17) is 0 Å². The predicted octanol–water partition coefficient (Wildman–Crippen LogP) is 1.65. The van der Waals surface area contributed by atoms with Crippen molar-refractivity contribution in [1.29, 1.82) is 0 Å². The van der Waals surface area contributed by atoms with Crippen molar-refractivity contribution in [3.05, 3.63) is 0 Å². The number of carbonyl (C=O) groups excluding carboxylic acids is 2. The molecule has 1 aliphatic rings. The highest BCUT2D eigenvalue weighted by molar-refractivity contribution is 5.99. The standard InChI is InChI=1S/C12H18F4N2O2/c1-6(2)7-8(19)17-11(3,4)10(20)18(7)5-12(15,16)9(13)14/h6-7,9H,5H2,1-4H3,(H,17,19). The van der Waals surface area contributed by atoms with E-state index in [1.165, 1.54) is 13.8 Å². The molecule has 1 N–H and O–H groups in total. The zero-order chi connectivity index (χ0) is 15.9. The molecular weight excluding hydrogens is 280 g/mol. The van der Waals surface area contributed by atoms with Gasteiger partial charge in [-0.05, 0) is 19.8 Å². The highest BCUT2D eigenvalue weighted by atomic mass is 19.3. The number of carbonyl (C=O) groups is 2. The van der Waals surface area contributed by atoms with Crippen LogP contribution in [0.15, 0.2) is 0 Å². The van der Waals surface area contributed by atoms with Crippen molar-refractivity contribution >= 4 is 11.8 Å². The van der Waals surface area contributed by atoms with Crippen molar-refractivity contribution in [3.63, 3.8) is 0 Å². The number of hydrogen-bond donors (Lipinski definition) is 1. The number of halogens is 4. The van der Waals surface area contributed by atoms with E-state index in [0.29, 0.717) is 4.90 Å². The van der Waals surface area contributed by atoms with Crippen LogP contribution in [0, 0.1) is 5.92 Å². The van der Waals surface area contributed by atoms with Crippen LogP contribution in [0.3, 0.4) is 0 Å². The topological polar surface area (TPSA) is 49.4 Å². The maximum absolute atomic E-state index is 13.2. The Hall–Kier alpha value is -1.34. The van der Waals surface area contributed by atoms with Gasteiger partial charge in [0.25, 0.3) is 0 Å². The van der Waals surface area contributed by atoms with E-state index in [1.54, 1.807) is 13.8 Å². The van der Waals surface area contributed by atoms with Crippen LogP contribution in [0.5, 0.6) is 0 Å². The van der Waals surface area contributed by atoms with E-state index < -0.39 is 48.2 Å². The molecule has 1 atom stereocenters. The van der Waals surface area contributed by atoms with Gasteiger partial charge in [-0.3, -0.25) is 9.59 Å². The van der Waals surface area contributed by atoms with Crippen LogP contribution >= 0.6 is 0 Å². The van der Waals surface area contributed by atoms with Crippen molar-refractivity contribution in [1.82, 2.24) is 10.2 Å². The smallest absolute Gasteiger partial charge is 0.324 e. The molecule has 0 aromatic carbocycles. The average Bonchev–Trinajstić information content (AvgIpc) is 2.23. The summed E-state index contributed by atoms with van der Waals surface area (Å²) in [7, 11) is 0. The molecule has 1 heterocycles. The third kappa shape index (κ3) is 3.04. The summed E-state index contributed by atoms with van der Waals surface area (Å²) in [4.78, 5) is 24.6. The summed E-state index contributed by atoms with van der Waals surface area (Å²) in [5, 5.41) is 2.42. The summed E-state index contributed by atoms with van der Waals surface area (Å²) in [6.45, 7) is 4.34. The van der Waals surface area contributed by atoms with Crippen molar-refractivity contribution in [2.45, 2.75) is 51.6 Å². The monoisotopic (exact) mass is 298 g/mol. The Labute approximate surface area is 114 Å². The van der Waals surface area contributed by atoms with Gasteiger partial charge in [-0.1, -0.05) is 13.8 Å². The normalized spacial score (nSPS) is 23.5. The first kappa shape index (κ1) is 16.7. The Morgan fingerprint density at radius 1 is 1.30 bits per heavy atom. The predicted molar refractivity (Wildman–Crippen MR) is 63.5 cm³/mol. The van der Waals surface area contributed by atoms with E-state index in [1.807, 2.05) is 0 Å². The number of alkyl halides is 4. The molecule has 1 aliphatic heterocycles. The first-order chi connectivity index (χ1) is 8.90. The van der Waals surface area contributed by atoms with Gasteiger partial charge >= 0.3 is 12.3 Å². The van der Waals surface area contributed by atoms with Gasteiger partial charge in [0.15, 0.2) is 0 Å². The van der Waals surface area contributed by atoms with Crippen LogP contribution < -0.4 is 5.32 Å². The second-order valence-corrected chi connectivity index (χ2v) is 5.80. The van der Waals surface area contributed by atoms with Crippen LogP contribution in [0.2, 0.25) is 0 Å². The van der Waals surface area contributed by atoms with Crippen LogP contribution in [0.4, 0.5) is 17.6 Å². The number of nitrogens with one attached hydrogen (secondary N) is 1. The van der Waals surface area contributed by atoms with Gasteiger partial charge in [-0.2, -0.15) is 8.78 Å². The summed E-state index contributed by atoms with van der Waals surface area (Å²) >= 11 is 0. The lowest BCUT2D eigenvalue weighted by Gasteiger charge is -2.45. The Kier molecular flexibility index (Phi) is 4.36. The van der Waals surface area contributed by atoms with E-state index in [9.17, 15) is 27.2 Å². The molecule has 0 bridgehead atoms. The molecule has 20 heavy (non-hydrogen) atoms. The molecule has 2 amide bonds. The molecule has 1 rings (SSSR count). The maximum atomic E-state index is 13.2. The SMILES string of the molecule is CC(C)C1C(=O)NC(C)(C)C(=O)N1CC(F)(F)C(F)F. The molecule has 116 valence electrons. The molecule has 1 unspecified atom stereocenters. The van der Waals surface area contributed by atoms with Gasteiger partial charge in [-0.15, -0.1) is 0 Å². The Balaban J connectivity index is 3.13. The molecule has 4 nitrogen and oxygen atoms in total. The number of rotatable bonds is 4. The molecule has 0 saturated carbocycles. The van der Waals surface area contributed by atoms with Gasteiger partial charge in [0.1, 0.15) is 11.6 Å². The number of amides is 2. The number of hydrogen-bond acceptors (Lipinski definition) is 2. The first-order valence-electron chi connectivity index (χ1n) is 6.19. The van der Waals surface area contributed by atoms with Crippen molar-refractivity contribution < 1.29 is 27.2 Å². The molecule has 0 aromatic rings. The third-order valence-electron chi connectivity index (χ3n) is 3.17. The minimum atomic E-state index is -4.35. The Morgan fingerprint density at radius 3 is 2.20 bits per heavy atom. The van der Waals surface area contributed by atoms with Crippen LogP contribution in [-0.2, 0) is 9.59 Å². The fraction of sp³-hybridized carbons (Fsp3) is 0.833. The van der Waals surface area contributed by atoms with Crippen molar-refractivity contribution in [2.24, 2.45) is 5.92 Å². The molecule has 1 fully saturated rings. The second kappa shape index (κ2) is 5.21. The van der Waals surface area contributed by atoms with Crippen LogP contribution in [-0.4, -0.2) is 47.2 Å². The summed E-state index contributed by atoms with van der Waals surface area (Å²) in [6.07, 6.45) is -3.89. The number of nitrogens with zero attached hydrogens (tertiary/aromatic N) is 1. The van der Waals surface area contributed by atoms with Crippen LogP contribution in [0.1, 0.15) is 27.7 Å². The lowest BCUT2D eigenvalue weighted by Crippen LogP contribution is -2.70. The molecule has 0 aliphatic carbocycles. The van der Waals surface area contributed by atoms with Gasteiger partial charge in [-0.25, -0.2) is 8.78 Å². The van der Waals surface area contributed by atoms with Crippen LogP contribution in [0.25, 0.3) is 0 Å². The maximum Gasteiger partial charge on any atom is 0.324 e. The van der Waals surface area contributed by atoms with Gasteiger partial charge < -0.3 is 10.2 Å².